The van der Waals surface area contributed by atoms with Crippen molar-refractivity contribution in [3.05, 3.63) is 29.8 Å². The third-order valence-electron chi connectivity index (χ3n) is 4.44. The highest BCUT2D eigenvalue weighted by Gasteiger charge is 2.32. The van der Waals surface area contributed by atoms with Crippen LogP contribution in [0, 0.1) is 0 Å². The van der Waals surface area contributed by atoms with Crippen molar-refractivity contribution in [1.29, 1.82) is 0 Å². The minimum Gasteiger partial charge on any atom is -0.508 e. The van der Waals surface area contributed by atoms with E-state index in [-0.39, 0.29) is 44.2 Å². The Morgan fingerprint density at radius 2 is 1.74 bits per heavy atom. The maximum Gasteiger partial charge on any atom is 0.322 e. The third kappa shape index (κ3) is 5.65. The molecule has 0 spiro atoms. The Morgan fingerprint density at radius 1 is 1.15 bits per heavy atom. The second-order valence-electron chi connectivity index (χ2n) is 6.36. The van der Waals surface area contributed by atoms with Crippen molar-refractivity contribution < 1.29 is 28.2 Å². The molecular weight excluding hydrogens is 374 g/mol. The van der Waals surface area contributed by atoms with Crippen molar-refractivity contribution >= 4 is 21.9 Å². The van der Waals surface area contributed by atoms with Gasteiger partial charge in [0.05, 0.1) is 5.75 Å². The van der Waals surface area contributed by atoms with Crippen LogP contribution in [0.15, 0.2) is 24.3 Å². The number of hydrogen-bond donors (Lipinski definition) is 3. The number of phenolic OH excluding ortho intramolecular Hbond substituents is 1. The number of carboxylic acids is 1. The van der Waals surface area contributed by atoms with Crippen molar-refractivity contribution in [2.24, 2.45) is 0 Å². The highest BCUT2D eigenvalue weighted by atomic mass is 32.2. The fourth-order valence-electron chi connectivity index (χ4n) is 2.96. The number of amides is 1. The Hall–Kier alpha value is -2.17. The van der Waals surface area contributed by atoms with Crippen molar-refractivity contribution in [2.45, 2.75) is 19.4 Å². The summed E-state index contributed by atoms with van der Waals surface area (Å²) in [6.45, 7) is 2.74. The number of aliphatic carboxylic acids is 1. The van der Waals surface area contributed by atoms with Gasteiger partial charge in [-0.3, -0.25) is 14.5 Å². The molecule has 1 amide bonds. The van der Waals surface area contributed by atoms with E-state index in [9.17, 15) is 28.2 Å². The summed E-state index contributed by atoms with van der Waals surface area (Å²) in [5, 5.41) is 21.3. The molecule has 0 aromatic heterocycles. The van der Waals surface area contributed by atoms with E-state index in [2.05, 4.69) is 5.32 Å². The summed E-state index contributed by atoms with van der Waals surface area (Å²) in [4.78, 5) is 25.4. The molecule has 0 radical (unpaired) electrons. The average molecular weight is 399 g/mol. The van der Waals surface area contributed by atoms with Gasteiger partial charge in [0.1, 0.15) is 11.8 Å². The first-order valence-electron chi connectivity index (χ1n) is 8.76. The molecule has 1 fully saturated rings. The normalized spacial score (nSPS) is 17.4. The second-order valence-corrected chi connectivity index (χ2v) is 8.45. The largest absolute Gasteiger partial charge is 0.508 e. The Labute approximate surface area is 158 Å². The number of benzene rings is 1. The van der Waals surface area contributed by atoms with Crippen molar-refractivity contribution in [3.8, 4) is 5.75 Å². The molecule has 0 bridgehead atoms. The van der Waals surface area contributed by atoms with E-state index in [0.717, 1.165) is 0 Å². The van der Waals surface area contributed by atoms with Crippen LogP contribution in [0.2, 0.25) is 0 Å². The van der Waals surface area contributed by atoms with Crippen LogP contribution in [0.3, 0.4) is 0 Å². The van der Waals surface area contributed by atoms with E-state index in [0.29, 0.717) is 12.0 Å². The smallest absolute Gasteiger partial charge is 0.322 e. The topological polar surface area (TPSA) is 127 Å². The molecule has 1 aromatic carbocycles. The summed E-state index contributed by atoms with van der Waals surface area (Å²) in [6, 6.07) is 4.69. The highest BCUT2D eigenvalue weighted by molar-refractivity contribution is 7.89. The third-order valence-corrected chi connectivity index (χ3v) is 6.52. The summed E-state index contributed by atoms with van der Waals surface area (Å²) in [7, 11) is -3.30. The molecule has 1 aliphatic rings. The molecule has 1 unspecified atom stereocenters. The molecule has 1 aliphatic heterocycles. The number of aromatic hydroxyl groups is 1. The maximum absolute atomic E-state index is 12.1. The quantitative estimate of drug-likeness (QED) is 0.558. The van der Waals surface area contributed by atoms with E-state index >= 15 is 0 Å². The van der Waals surface area contributed by atoms with E-state index in [1.165, 1.54) is 28.6 Å². The van der Waals surface area contributed by atoms with Gasteiger partial charge in [0.2, 0.25) is 10.0 Å². The van der Waals surface area contributed by atoms with Gasteiger partial charge in [-0.15, -0.1) is 0 Å². The van der Waals surface area contributed by atoms with Crippen LogP contribution in [0.5, 0.6) is 5.75 Å². The van der Waals surface area contributed by atoms with Gasteiger partial charge in [-0.2, -0.15) is 4.31 Å². The van der Waals surface area contributed by atoms with Gasteiger partial charge >= 0.3 is 5.97 Å². The lowest BCUT2D eigenvalue weighted by Gasteiger charge is -2.37. The molecule has 1 saturated heterocycles. The first-order valence-corrected chi connectivity index (χ1v) is 10.4. The van der Waals surface area contributed by atoms with Crippen molar-refractivity contribution in [1.82, 2.24) is 14.5 Å². The van der Waals surface area contributed by atoms with E-state index < -0.39 is 27.9 Å². The van der Waals surface area contributed by atoms with Crippen LogP contribution in [-0.4, -0.2) is 84.2 Å². The fourth-order valence-corrected chi connectivity index (χ4v) is 4.45. The van der Waals surface area contributed by atoms with E-state index in [1.54, 1.807) is 11.8 Å². The number of sulfonamides is 1. The molecule has 2 rings (SSSR count). The second kappa shape index (κ2) is 9.16. The summed E-state index contributed by atoms with van der Waals surface area (Å²) < 4.78 is 25.6. The number of nitrogens with zero attached hydrogens (tertiary/aromatic N) is 2. The summed E-state index contributed by atoms with van der Waals surface area (Å²) >= 11 is 0. The average Bonchev–Trinajstić information content (AvgIpc) is 2.62. The predicted octanol–water partition coefficient (Wildman–Crippen LogP) is -0.0674. The lowest BCUT2D eigenvalue weighted by atomic mass is 10.2. The summed E-state index contributed by atoms with van der Waals surface area (Å²) in [5.74, 6) is -1.40. The zero-order chi connectivity index (χ0) is 20.0. The lowest BCUT2D eigenvalue weighted by molar-refractivity contribution is -0.143. The Kier molecular flexibility index (Phi) is 7.17. The molecule has 0 saturated carbocycles. The van der Waals surface area contributed by atoms with E-state index in [4.69, 9.17) is 0 Å². The van der Waals surface area contributed by atoms with Crippen molar-refractivity contribution in [2.75, 3.05) is 38.5 Å². The number of carbonyl (C=O) groups excluding carboxylic acids is 1. The van der Waals surface area contributed by atoms with Gasteiger partial charge in [0.15, 0.2) is 0 Å². The standard InChI is InChI=1S/C17H25N3O6S/c1-2-11-27(25,26)20-9-7-19(8-10-20)15(17(23)24)12-18-16(22)13-3-5-14(21)6-4-13/h3-6,15,21H,2,7-12H2,1H3,(H,18,22)(H,23,24). The van der Waals surface area contributed by atoms with Gasteiger partial charge in [-0.1, -0.05) is 6.92 Å². The number of piperazine rings is 1. The maximum atomic E-state index is 12.1. The number of rotatable bonds is 8. The number of carbonyl (C=O) groups is 2. The summed E-state index contributed by atoms with van der Waals surface area (Å²) in [6.07, 6.45) is 0.531. The molecule has 3 N–H and O–H groups in total. The SMILES string of the molecule is CCCS(=O)(=O)N1CCN(C(CNC(=O)c2ccc(O)cc2)C(=O)O)CC1. The van der Waals surface area contributed by atoms with Gasteiger partial charge in [-0.25, -0.2) is 8.42 Å². The van der Waals surface area contributed by atoms with Crippen molar-refractivity contribution in [3.63, 3.8) is 0 Å². The molecule has 10 heteroatoms. The van der Waals surface area contributed by atoms with Crippen LogP contribution < -0.4 is 5.32 Å². The Bertz CT molecular complexity index is 757. The van der Waals surface area contributed by atoms with Crippen LogP contribution >= 0.6 is 0 Å². The van der Waals surface area contributed by atoms with Crippen LogP contribution in [0.1, 0.15) is 23.7 Å². The zero-order valence-electron chi connectivity index (χ0n) is 15.2. The number of carboxylic acid groups (broad SMARTS) is 1. The number of hydrogen-bond acceptors (Lipinski definition) is 6. The molecule has 150 valence electrons. The first-order chi connectivity index (χ1) is 12.7. The molecule has 27 heavy (non-hydrogen) atoms. The minimum absolute atomic E-state index is 0.0332. The Balaban J connectivity index is 1.93. The first kappa shape index (κ1) is 21.1. The minimum atomic E-state index is -3.30. The molecular formula is C17H25N3O6S. The van der Waals surface area contributed by atoms with E-state index in [1.807, 2.05) is 0 Å². The molecule has 0 aliphatic carbocycles. The molecule has 1 aromatic rings. The number of phenols is 1. The monoisotopic (exact) mass is 399 g/mol. The molecule has 1 heterocycles. The van der Waals surface area contributed by atoms with Crippen LogP contribution in [0.25, 0.3) is 0 Å². The fraction of sp³-hybridized carbons (Fsp3) is 0.529. The molecule has 1 atom stereocenters. The van der Waals surface area contributed by atoms with Gasteiger partial charge in [-0.05, 0) is 30.7 Å². The zero-order valence-corrected chi connectivity index (χ0v) is 16.0. The van der Waals surface area contributed by atoms with Crippen LogP contribution in [0.4, 0.5) is 0 Å². The highest BCUT2D eigenvalue weighted by Crippen LogP contribution is 2.13. The van der Waals surface area contributed by atoms with Gasteiger partial charge in [0.25, 0.3) is 5.91 Å². The molecule has 9 nitrogen and oxygen atoms in total. The summed E-state index contributed by atoms with van der Waals surface area (Å²) in [5.41, 5.74) is 0.312. The Morgan fingerprint density at radius 3 is 2.26 bits per heavy atom. The predicted molar refractivity (Wildman–Crippen MR) is 99.1 cm³/mol. The van der Waals surface area contributed by atoms with Crippen LogP contribution in [-0.2, 0) is 14.8 Å². The number of nitrogens with one attached hydrogen (secondary N) is 1. The lowest BCUT2D eigenvalue weighted by Crippen LogP contribution is -2.57. The van der Waals surface area contributed by atoms with Gasteiger partial charge < -0.3 is 15.5 Å². The van der Waals surface area contributed by atoms with Gasteiger partial charge in [0, 0.05) is 38.3 Å².